The summed E-state index contributed by atoms with van der Waals surface area (Å²) >= 11 is 0. The van der Waals surface area contributed by atoms with Crippen molar-refractivity contribution in [2.75, 3.05) is 12.3 Å². The van der Waals surface area contributed by atoms with Gasteiger partial charge in [0, 0.05) is 36.9 Å². The van der Waals surface area contributed by atoms with E-state index in [0.717, 1.165) is 5.03 Å². The molecular formula is C17H23N2O5PS2. The zero-order valence-corrected chi connectivity index (χ0v) is 17.7. The predicted octanol–water partition coefficient (Wildman–Crippen LogP) is 3.55. The van der Waals surface area contributed by atoms with Gasteiger partial charge in [-0.05, 0) is 41.9 Å². The van der Waals surface area contributed by atoms with Crippen molar-refractivity contribution in [3.8, 4) is 0 Å². The van der Waals surface area contributed by atoms with E-state index < -0.39 is 25.6 Å². The lowest BCUT2D eigenvalue weighted by atomic mass is 10.2. The second kappa shape index (κ2) is 11.5. The number of aromatic nitrogens is 1. The molecule has 0 aliphatic carbocycles. The molecule has 1 fully saturated rings. The van der Waals surface area contributed by atoms with E-state index >= 15 is 0 Å². The number of unbranched alkanes of at least 4 members (excludes halogenated alkanes) is 1. The van der Waals surface area contributed by atoms with Crippen molar-refractivity contribution in [2.45, 2.75) is 49.3 Å². The Labute approximate surface area is 167 Å². The average Bonchev–Trinajstić information content (AvgIpc) is 2.96. The van der Waals surface area contributed by atoms with Crippen molar-refractivity contribution < 1.29 is 23.8 Å². The van der Waals surface area contributed by atoms with Gasteiger partial charge in [-0.1, -0.05) is 23.8 Å². The van der Waals surface area contributed by atoms with E-state index in [4.69, 9.17) is 4.84 Å². The first-order chi connectivity index (χ1) is 13.0. The van der Waals surface area contributed by atoms with Crippen molar-refractivity contribution in [3.05, 3.63) is 24.4 Å². The number of hydrogen-bond acceptors (Lipinski definition) is 8. The normalized spacial score (nSPS) is 16.4. The first-order valence-electron chi connectivity index (χ1n) is 8.78. The third-order valence-corrected chi connectivity index (χ3v) is 8.80. The van der Waals surface area contributed by atoms with Gasteiger partial charge in [-0.15, -0.1) is 5.06 Å². The van der Waals surface area contributed by atoms with Gasteiger partial charge in [-0.3, -0.25) is 9.59 Å². The summed E-state index contributed by atoms with van der Waals surface area (Å²) in [5, 5.41) is 1.74. The number of carbonyl (C=O) groups excluding carboxylic acids is 3. The van der Waals surface area contributed by atoms with Gasteiger partial charge in [0.05, 0.1) is 7.80 Å². The summed E-state index contributed by atoms with van der Waals surface area (Å²) in [7, 11) is 1.53. The van der Waals surface area contributed by atoms with Crippen molar-refractivity contribution in [3.63, 3.8) is 0 Å². The van der Waals surface area contributed by atoms with Crippen LogP contribution in [-0.4, -0.2) is 45.4 Å². The van der Waals surface area contributed by atoms with E-state index in [2.05, 4.69) is 4.98 Å². The Morgan fingerprint density at radius 2 is 2.04 bits per heavy atom. The zero-order valence-electron chi connectivity index (χ0n) is 15.1. The van der Waals surface area contributed by atoms with Crippen LogP contribution in [0, 0.1) is 0 Å². The second-order valence-electron chi connectivity index (χ2n) is 6.15. The third-order valence-electron chi connectivity index (χ3n) is 3.74. The van der Waals surface area contributed by atoms with Crippen LogP contribution >= 0.6 is 29.4 Å². The zero-order chi connectivity index (χ0) is 19.6. The number of nitrogens with zero attached hydrogens (tertiary/aromatic N) is 2. The molecule has 1 aliphatic rings. The lowest BCUT2D eigenvalue weighted by Crippen LogP contribution is -2.31. The molecule has 0 saturated carbocycles. The number of pyridine rings is 1. The summed E-state index contributed by atoms with van der Waals surface area (Å²) in [6.07, 6.45) is 4.43. The SMILES string of the molecule is CC(C[PH](=O)CCCCC(=O)ON1C(=O)CCC1=O)SSc1ccccn1. The lowest BCUT2D eigenvalue weighted by molar-refractivity contribution is -0.197. The fourth-order valence-corrected chi connectivity index (χ4v) is 6.90. The van der Waals surface area contributed by atoms with Crippen LogP contribution in [0.1, 0.15) is 39.0 Å². The highest BCUT2D eigenvalue weighted by Crippen LogP contribution is 2.37. The summed E-state index contributed by atoms with van der Waals surface area (Å²) in [4.78, 5) is 43.5. The first kappa shape index (κ1) is 22.0. The summed E-state index contributed by atoms with van der Waals surface area (Å²) in [6.45, 7) is 2.05. The molecule has 0 aromatic carbocycles. The molecule has 0 bridgehead atoms. The minimum atomic E-state index is -1.70. The largest absolute Gasteiger partial charge is 0.333 e. The van der Waals surface area contributed by atoms with E-state index in [1.54, 1.807) is 27.8 Å². The maximum Gasteiger partial charge on any atom is 0.333 e. The molecular weight excluding hydrogens is 407 g/mol. The molecule has 2 rings (SSSR count). The van der Waals surface area contributed by atoms with Crippen LogP contribution in [0.2, 0.25) is 0 Å². The Morgan fingerprint density at radius 1 is 1.30 bits per heavy atom. The summed E-state index contributed by atoms with van der Waals surface area (Å²) in [5.74, 6) is -1.56. The van der Waals surface area contributed by atoms with Crippen LogP contribution in [0.5, 0.6) is 0 Å². The minimum Gasteiger partial charge on any atom is -0.330 e. The molecule has 1 aromatic rings. The van der Waals surface area contributed by atoms with Gasteiger partial charge in [-0.2, -0.15) is 0 Å². The Hall–Kier alpha value is -1.31. The van der Waals surface area contributed by atoms with Crippen molar-refractivity contribution in [1.29, 1.82) is 0 Å². The van der Waals surface area contributed by atoms with Gasteiger partial charge < -0.3 is 9.40 Å². The van der Waals surface area contributed by atoms with Crippen LogP contribution in [0.4, 0.5) is 0 Å². The molecule has 0 spiro atoms. The molecule has 148 valence electrons. The molecule has 0 N–H and O–H groups in total. The number of amides is 2. The Kier molecular flexibility index (Phi) is 9.38. The van der Waals surface area contributed by atoms with Gasteiger partial charge in [0.2, 0.25) is 0 Å². The van der Waals surface area contributed by atoms with E-state index in [0.29, 0.717) is 30.2 Å². The van der Waals surface area contributed by atoms with Crippen LogP contribution in [0.3, 0.4) is 0 Å². The van der Waals surface area contributed by atoms with E-state index in [9.17, 15) is 18.9 Å². The standard InChI is InChI=1S/C17H23N2O5PS2/c1-13(26-27-14-6-2-4-10-18-14)12-25(23)11-5-3-7-17(22)24-19-15(20)8-9-16(19)21/h2,4,6,10,13,25H,3,5,7-9,11-12H2,1H3. The highest BCUT2D eigenvalue weighted by Gasteiger charge is 2.32. The topological polar surface area (TPSA) is 93.6 Å². The maximum atomic E-state index is 12.2. The van der Waals surface area contributed by atoms with Crippen molar-refractivity contribution in [2.24, 2.45) is 0 Å². The molecule has 2 amide bonds. The third kappa shape index (κ3) is 8.07. The highest BCUT2D eigenvalue weighted by molar-refractivity contribution is 8.76. The molecule has 1 aliphatic heterocycles. The van der Waals surface area contributed by atoms with Crippen LogP contribution in [0.15, 0.2) is 29.4 Å². The Bertz CT molecular complexity index is 673. The van der Waals surface area contributed by atoms with Crippen LogP contribution in [0.25, 0.3) is 0 Å². The van der Waals surface area contributed by atoms with Gasteiger partial charge in [0.1, 0.15) is 5.03 Å². The second-order valence-corrected chi connectivity index (χ2v) is 10.8. The van der Waals surface area contributed by atoms with E-state index in [-0.39, 0.29) is 24.5 Å². The monoisotopic (exact) mass is 430 g/mol. The Morgan fingerprint density at radius 3 is 2.70 bits per heavy atom. The molecule has 27 heavy (non-hydrogen) atoms. The number of hydrogen-bond donors (Lipinski definition) is 0. The molecule has 7 nitrogen and oxygen atoms in total. The molecule has 0 radical (unpaired) electrons. The number of imide groups is 1. The quantitative estimate of drug-likeness (QED) is 0.228. The predicted molar refractivity (Wildman–Crippen MR) is 107 cm³/mol. The van der Waals surface area contributed by atoms with Crippen LogP contribution < -0.4 is 0 Å². The summed E-state index contributed by atoms with van der Waals surface area (Å²) in [5.41, 5.74) is 0. The Balaban J connectivity index is 1.55. The molecule has 1 aromatic heterocycles. The average molecular weight is 430 g/mol. The van der Waals surface area contributed by atoms with Gasteiger partial charge in [0.25, 0.3) is 11.8 Å². The minimum absolute atomic E-state index is 0.0862. The molecule has 2 heterocycles. The van der Waals surface area contributed by atoms with Gasteiger partial charge >= 0.3 is 5.97 Å². The number of hydroxylamine groups is 2. The van der Waals surface area contributed by atoms with E-state index in [1.165, 1.54) is 0 Å². The molecule has 1 saturated heterocycles. The van der Waals surface area contributed by atoms with Crippen LogP contribution in [-0.2, 0) is 23.8 Å². The van der Waals surface area contributed by atoms with Gasteiger partial charge in [0.15, 0.2) is 0 Å². The molecule has 2 atom stereocenters. The fourth-order valence-electron chi connectivity index (χ4n) is 2.38. The molecule has 10 heteroatoms. The fraction of sp³-hybridized carbons (Fsp3) is 0.529. The number of rotatable bonds is 11. The smallest absolute Gasteiger partial charge is 0.330 e. The number of carbonyl (C=O) groups is 3. The van der Waals surface area contributed by atoms with Crippen molar-refractivity contribution >= 4 is 47.2 Å². The lowest BCUT2D eigenvalue weighted by Gasteiger charge is -2.12. The molecule has 2 unspecified atom stereocenters. The summed E-state index contributed by atoms with van der Waals surface area (Å²) < 4.78 is 12.2. The van der Waals surface area contributed by atoms with E-state index in [1.807, 2.05) is 25.1 Å². The highest BCUT2D eigenvalue weighted by atomic mass is 33.1. The van der Waals surface area contributed by atoms with Gasteiger partial charge in [-0.25, -0.2) is 9.78 Å². The summed E-state index contributed by atoms with van der Waals surface area (Å²) in [6, 6.07) is 5.74. The first-order valence-corrected chi connectivity index (χ1v) is 12.8. The maximum absolute atomic E-state index is 12.2. The van der Waals surface area contributed by atoms with Crippen molar-refractivity contribution in [1.82, 2.24) is 10.0 Å².